The van der Waals surface area contributed by atoms with Crippen LogP contribution in [0.25, 0.3) is 22.3 Å². The average molecular weight is 1360 g/mol. The van der Waals surface area contributed by atoms with Crippen LogP contribution in [0.5, 0.6) is 0 Å². The summed E-state index contributed by atoms with van der Waals surface area (Å²) in [5, 5.41) is -15.4. The third-order valence-electron chi connectivity index (χ3n) is 11.4. The highest BCUT2D eigenvalue weighted by atomic mass is 35.5. The van der Waals surface area contributed by atoms with E-state index in [9.17, 15) is 52.7 Å². The molecule has 442 valence electrons. The van der Waals surface area contributed by atoms with Crippen LogP contribution in [0.1, 0.15) is 58.4 Å². The molecule has 2 nitrogen and oxygen atoms in total. The molecule has 0 N–H and O–H groups in total. The Morgan fingerprint density at radius 1 is 0.329 bits per heavy atom. The Morgan fingerprint density at radius 3 is 0.732 bits per heavy atom. The molecule has 0 atom stereocenters. The van der Waals surface area contributed by atoms with Crippen LogP contribution in [-0.4, -0.2) is 0 Å². The first-order valence-electron chi connectivity index (χ1n) is 20.8. The Morgan fingerprint density at radius 2 is 0.537 bits per heavy atom. The van der Waals surface area contributed by atoms with Crippen molar-refractivity contribution in [1.82, 2.24) is 0 Å². The van der Waals surface area contributed by atoms with Gasteiger partial charge >= 0.3 is 37.1 Å². The molecule has 0 spiro atoms. The third-order valence-corrected chi connectivity index (χ3v) is 14.2. The van der Waals surface area contributed by atoms with Gasteiger partial charge in [0.15, 0.2) is 34.9 Å². The number of benzene rings is 6. The summed E-state index contributed by atoms with van der Waals surface area (Å²) < 4.78 is 358. The Labute approximate surface area is 482 Å². The van der Waals surface area contributed by atoms with Crippen LogP contribution in [0.3, 0.4) is 0 Å². The van der Waals surface area contributed by atoms with E-state index >= 15 is 52.7 Å². The highest BCUT2D eigenvalue weighted by Crippen LogP contribution is 2.60. The lowest BCUT2D eigenvalue weighted by Gasteiger charge is -2.33. The Bertz CT molecular complexity index is 3390. The maximum Gasteiger partial charge on any atom is 0.422 e. The average Bonchev–Trinajstić information content (AvgIpc) is 3.31. The first-order valence-corrected chi connectivity index (χ1v) is 23.8. The summed E-state index contributed by atoms with van der Waals surface area (Å²) in [5.41, 5.74) is -33.9. The first-order chi connectivity index (χ1) is 37.1. The van der Waals surface area contributed by atoms with E-state index in [1.807, 2.05) is 0 Å². The molecule has 0 aliphatic heterocycles. The molecule has 34 heteroatoms. The van der Waals surface area contributed by atoms with Gasteiger partial charge in [0, 0.05) is 22.5 Å². The van der Waals surface area contributed by atoms with Gasteiger partial charge in [-0.2, -0.15) is 79.0 Å². The van der Waals surface area contributed by atoms with Gasteiger partial charge in [0.05, 0.1) is 43.9 Å². The second-order valence-corrected chi connectivity index (χ2v) is 19.7. The highest BCUT2D eigenvalue weighted by Gasteiger charge is 2.49. The van der Waals surface area contributed by atoms with Crippen LogP contribution in [0.2, 0.25) is 40.2 Å². The molecule has 6 aromatic carbocycles. The maximum atomic E-state index is 16.1. The zero-order valence-corrected chi connectivity index (χ0v) is 44.9. The van der Waals surface area contributed by atoms with Crippen LogP contribution in [0, 0.1) is 34.9 Å². The van der Waals surface area contributed by atoms with Crippen molar-refractivity contribution in [3.63, 3.8) is 0 Å². The summed E-state index contributed by atoms with van der Waals surface area (Å²) >= 11 is 48.4. The van der Waals surface area contributed by atoms with E-state index in [0.29, 0.717) is 13.8 Å². The van der Waals surface area contributed by atoms with E-state index in [4.69, 9.17) is 92.8 Å². The van der Waals surface area contributed by atoms with Crippen molar-refractivity contribution in [2.75, 3.05) is 9.80 Å². The molecule has 0 aromatic heterocycles. The fourth-order valence-corrected chi connectivity index (χ4v) is 10.9. The third kappa shape index (κ3) is 11.5. The van der Waals surface area contributed by atoms with Crippen molar-refractivity contribution in [1.29, 1.82) is 0 Å². The Balaban J connectivity index is 1.82. The number of allylic oxidation sites excluding steroid dienone is 2. The summed E-state index contributed by atoms with van der Waals surface area (Å²) in [4.78, 5) is -0.651. The lowest BCUT2D eigenvalue weighted by atomic mass is 9.92. The summed E-state index contributed by atoms with van der Waals surface area (Å²) in [5.74, 6) is -16.6. The molecule has 6 aromatic rings. The predicted molar refractivity (Wildman–Crippen MR) is 260 cm³/mol. The Kier molecular flexibility index (Phi) is 17.9. The van der Waals surface area contributed by atoms with Gasteiger partial charge < -0.3 is 9.80 Å². The van der Waals surface area contributed by atoms with Crippen LogP contribution in [0.15, 0.2) is 49.6 Å². The molecular formula is C48H16Cl8F24N2. The van der Waals surface area contributed by atoms with Crippen molar-refractivity contribution in [3.05, 3.63) is 169 Å². The summed E-state index contributed by atoms with van der Waals surface area (Å²) in [6.45, 7) is 7.82. The minimum atomic E-state index is -6.12. The fraction of sp³-hybridized carbons (Fsp3) is 0.167. The van der Waals surface area contributed by atoms with Crippen LogP contribution in [-0.2, 0) is 37.1 Å². The van der Waals surface area contributed by atoms with Crippen LogP contribution >= 0.6 is 92.8 Å². The second kappa shape index (κ2) is 22.1. The van der Waals surface area contributed by atoms with Crippen LogP contribution < -0.4 is 9.80 Å². The summed E-state index contributed by atoms with van der Waals surface area (Å²) in [6, 6.07) is -0.471. The molecule has 0 radical (unpaired) electrons. The zero-order chi connectivity index (χ0) is 62.9. The Hall–Kier alpha value is -4.96. The van der Waals surface area contributed by atoms with Gasteiger partial charge in [0.25, 0.3) is 0 Å². The molecule has 0 saturated carbocycles. The molecule has 0 unspecified atom stereocenters. The number of hydrogen-bond donors (Lipinski definition) is 0. The number of rotatable bonds is 9. The van der Waals surface area contributed by atoms with Gasteiger partial charge in [-0.25, -0.2) is 26.3 Å². The fourth-order valence-electron chi connectivity index (χ4n) is 8.17. The molecular weight excluding hydrogens is 1340 g/mol. The largest absolute Gasteiger partial charge is 0.422 e. The minimum absolute atomic E-state index is 0.0137. The molecule has 6 rings (SSSR count). The van der Waals surface area contributed by atoms with Crippen molar-refractivity contribution < 1.29 is 105 Å². The molecule has 0 bridgehead atoms. The molecule has 0 aliphatic carbocycles. The standard InChI is InChI=1S/C48H16Cl8F24N2/c1-11(2)19-21(45(69,70)71)33(57)27(51)39(25(19)49)81(41-29(53)35(59)23(47(75,76)77)36(60)30(41)54)13-5-7-15(17(9-13)43(63,64)65)16-8-6-14(10-18(16)44(66,67)68)82(42-31(55)37(61)24(48(78,79)80)38(62)32(42)56)40-26(50)20(12(3)4)22(46(72,73)74)34(58)28(40)52/h5-10H,1,3H2,2,4H3. The monoisotopic (exact) mass is 1360 g/mol. The number of anilines is 6. The van der Waals surface area contributed by atoms with Gasteiger partial charge in [0.2, 0.25) is 0 Å². The van der Waals surface area contributed by atoms with E-state index < -0.39 is 213 Å². The number of halogens is 32. The lowest BCUT2D eigenvalue weighted by Crippen LogP contribution is -2.21. The maximum absolute atomic E-state index is 16.1. The van der Waals surface area contributed by atoms with E-state index in [1.165, 1.54) is 0 Å². The number of nitrogens with zero attached hydrogens (tertiary/aromatic N) is 2. The second-order valence-electron chi connectivity index (χ2n) is 16.7. The highest BCUT2D eigenvalue weighted by molar-refractivity contribution is 6.45. The quantitative estimate of drug-likeness (QED) is 0.105. The van der Waals surface area contributed by atoms with Crippen molar-refractivity contribution in [2.24, 2.45) is 0 Å². The first kappa shape index (κ1) is 66.2. The van der Waals surface area contributed by atoms with Gasteiger partial charge in [-0.1, -0.05) is 118 Å². The normalized spacial score (nSPS) is 12.9. The topological polar surface area (TPSA) is 6.48 Å². The molecule has 82 heavy (non-hydrogen) atoms. The van der Waals surface area contributed by atoms with Gasteiger partial charge in [-0.05, 0) is 60.4 Å². The molecule has 0 amide bonds. The lowest BCUT2D eigenvalue weighted by molar-refractivity contribution is -0.143. The van der Waals surface area contributed by atoms with E-state index in [0.717, 1.165) is 0 Å². The number of hydrogen-bond acceptors (Lipinski definition) is 2. The van der Waals surface area contributed by atoms with Crippen molar-refractivity contribution in [3.8, 4) is 11.1 Å². The van der Waals surface area contributed by atoms with E-state index in [1.54, 1.807) is 0 Å². The van der Waals surface area contributed by atoms with Crippen molar-refractivity contribution in [2.45, 2.75) is 50.9 Å². The smallest absolute Gasteiger partial charge is 0.304 e. The van der Waals surface area contributed by atoms with Crippen LogP contribution in [0.4, 0.5) is 139 Å². The summed E-state index contributed by atoms with van der Waals surface area (Å²) in [6.07, 6.45) is -36.0. The molecule has 0 fully saturated rings. The molecule has 0 aliphatic rings. The van der Waals surface area contributed by atoms with Crippen molar-refractivity contribution >= 4 is 138 Å². The number of alkyl halides is 18. The van der Waals surface area contributed by atoms with E-state index in [2.05, 4.69) is 13.2 Å². The minimum Gasteiger partial charge on any atom is -0.304 e. The van der Waals surface area contributed by atoms with Gasteiger partial charge in [-0.15, -0.1) is 0 Å². The molecule has 0 saturated heterocycles. The van der Waals surface area contributed by atoms with E-state index in [-0.39, 0.29) is 46.2 Å². The SMILES string of the molecule is C=C(C)c1c(Cl)c(N(c2ccc(-c3ccc(N(c4c(Cl)c(F)c(C(F)(F)F)c(F)c4Cl)c4c(Cl)c(F)c(C(F)(F)F)c(C(=C)C)c4Cl)cc3C(F)(F)F)c(C(F)(F)F)c2)c2c(Cl)c(F)c(C(F)(F)F)c(F)c2Cl)c(Cl)c(F)c1C(F)(F)F. The molecule has 0 heterocycles. The summed E-state index contributed by atoms with van der Waals surface area (Å²) in [7, 11) is 0. The predicted octanol–water partition coefficient (Wildman–Crippen LogP) is 24.5. The van der Waals surface area contributed by atoms with Gasteiger partial charge in [-0.3, -0.25) is 0 Å². The zero-order valence-electron chi connectivity index (χ0n) is 38.9. The van der Waals surface area contributed by atoms with Gasteiger partial charge in [0.1, 0.15) is 52.4 Å².